The first kappa shape index (κ1) is 16.5. The molecule has 0 unspecified atom stereocenters. The molecule has 0 aromatic heterocycles. The van der Waals surface area contributed by atoms with E-state index in [9.17, 15) is 9.18 Å². The number of benzene rings is 2. The van der Waals surface area contributed by atoms with Gasteiger partial charge in [-0.15, -0.1) is 0 Å². The molecular weight excluding hydrogens is 307 g/mol. The first-order valence-electron chi connectivity index (χ1n) is 8.05. The summed E-state index contributed by atoms with van der Waals surface area (Å²) >= 11 is 0. The van der Waals surface area contributed by atoms with Crippen molar-refractivity contribution in [3.8, 4) is 16.9 Å². The standard InChI is InChI=1S/C19H21FN2O2/c1-24-16-5-2-14(3-6-16)15-4-7-17(18(20)10-15)19(23)22-9-8-13(11-21)12-22/h2-7,10,13H,8-9,11-12,21H2,1H3/t13-/m0/s1. The Morgan fingerprint density at radius 3 is 2.54 bits per heavy atom. The lowest BCUT2D eigenvalue weighted by Gasteiger charge is -2.17. The summed E-state index contributed by atoms with van der Waals surface area (Å²) in [4.78, 5) is 14.2. The second-order valence-electron chi connectivity index (χ2n) is 6.06. The molecule has 1 atom stereocenters. The monoisotopic (exact) mass is 328 g/mol. The van der Waals surface area contributed by atoms with Crippen molar-refractivity contribution in [2.75, 3.05) is 26.7 Å². The molecule has 3 rings (SSSR count). The zero-order valence-corrected chi connectivity index (χ0v) is 13.7. The Morgan fingerprint density at radius 2 is 1.96 bits per heavy atom. The second kappa shape index (κ2) is 7.01. The van der Waals surface area contributed by atoms with Crippen LogP contribution in [0.15, 0.2) is 42.5 Å². The van der Waals surface area contributed by atoms with Gasteiger partial charge in [0.15, 0.2) is 0 Å². The first-order valence-corrected chi connectivity index (χ1v) is 8.05. The molecular formula is C19H21FN2O2. The molecule has 126 valence electrons. The fraction of sp³-hybridized carbons (Fsp3) is 0.316. The number of carbonyl (C=O) groups excluding carboxylic acids is 1. The van der Waals surface area contributed by atoms with Crippen LogP contribution in [0.3, 0.4) is 0 Å². The van der Waals surface area contributed by atoms with Gasteiger partial charge in [0.05, 0.1) is 12.7 Å². The van der Waals surface area contributed by atoms with Gasteiger partial charge in [0.2, 0.25) is 0 Å². The topological polar surface area (TPSA) is 55.6 Å². The quantitative estimate of drug-likeness (QED) is 0.939. The number of rotatable bonds is 4. The molecule has 0 aliphatic carbocycles. The van der Waals surface area contributed by atoms with Crippen LogP contribution in [0.1, 0.15) is 16.8 Å². The number of methoxy groups -OCH3 is 1. The van der Waals surface area contributed by atoms with Crippen LogP contribution in [-0.4, -0.2) is 37.6 Å². The summed E-state index contributed by atoms with van der Waals surface area (Å²) in [5.74, 6) is 0.305. The Labute approximate surface area is 141 Å². The van der Waals surface area contributed by atoms with E-state index in [1.54, 1.807) is 24.1 Å². The molecule has 1 amide bonds. The highest BCUT2D eigenvalue weighted by molar-refractivity contribution is 5.95. The van der Waals surface area contributed by atoms with Crippen LogP contribution in [0.25, 0.3) is 11.1 Å². The molecule has 0 radical (unpaired) electrons. The highest BCUT2D eigenvalue weighted by Crippen LogP contribution is 2.26. The van der Waals surface area contributed by atoms with E-state index in [2.05, 4.69) is 0 Å². The number of amides is 1. The molecule has 4 nitrogen and oxygen atoms in total. The van der Waals surface area contributed by atoms with E-state index >= 15 is 0 Å². The van der Waals surface area contributed by atoms with E-state index < -0.39 is 5.82 Å². The maximum Gasteiger partial charge on any atom is 0.256 e. The molecule has 1 aliphatic rings. The van der Waals surface area contributed by atoms with Crippen molar-refractivity contribution in [1.29, 1.82) is 0 Å². The minimum absolute atomic E-state index is 0.116. The summed E-state index contributed by atoms with van der Waals surface area (Å²) in [6, 6.07) is 12.1. The van der Waals surface area contributed by atoms with Crippen molar-refractivity contribution in [2.24, 2.45) is 11.7 Å². The third-order valence-corrected chi connectivity index (χ3v) is 4.53. The summed E-state index contributed by atoms with van der Waals surface area (Å²) < 4.78 is 19.6. The normalized spacial score (nSPS) is 17.1. The van der Waals surface area contributed by atoms with Gasteiger partial charge in [-0.3, -0.25) is 4.79 Å². The zero-order valence-electron chi connectivity index (χ0n) is 13.7. The summed E-state index contributed by atoms with van der Waals surface area (Å²) in [5, 5.41) is 0. The van der Waals surface area contributed by atoms with Gasteiger partial charge >= 0.3 is 0 Å². The number of halogens is 1. The number of ether oxygens (including phenoxy) is 1. The average Bonchev–Trinajstić information content (AvgIpc) is 3.10. The Balaban J connectivity index is 1.80. The van der Waals surface area contributed by atoms with Gasteiger partial charge in [-0.05, 0) is 54.3 Å². The third kappa shape index (κ3) is 3.26. The van der Waals surface area contributed by atoms with E-state index in [0.29, 0.717) is 25.6 Å². The Morgan fingerprint density at radius 1 is 1.25 bits per heavy atom. The van der Waals surface area contributed by atoms with Crippen molar-refractivity contribution in [2.45, 2.75) is 6.42 Å². The molecule has 1 fully saturated rings. The maximum atomic E-state index is 14.5. The van der Waals surface area contributed by atoms with Crippen LogP contribution in [0.5, 0.6) is 5.75 Å². The first-order chi connectivity index (χ1) is 11.6. The van der Waals surface area contributed by atoms with Gasteiger partial charge in [0, 0.05) is 13.1 Å². The van der Waals surface area contributed by atoms with Crippen molar-refractivity contribution in [1.82, 2.24) is 4.90 Å². The maximum absolute atomic E-state index is 14.5. The fourth-order valence-electron chi connectivity index (χ4n) is 3.03. The summed E-state index contributed by atoms with van der Waals surface area (Å²) in [7, 11) is 1.60. The smallest absolute Gasteiger partial charge is 0.256 e. The van der Waals surface area contributed by atoms with Crippen LogP contribution in [0.2, 0.25) is 0 Å². The van der Waals surface area contributed by atoms with Gasteiger partial charge in [0.25, 0.3) is 5.91 Å². The molecule has 1 saturated heterocycles. The lowest BCUT2D eigenvalue weighted by molar-refractivity contribution is 0.0783. The highest BCUT2D eigenvalue weighted by atomic mass is 19.1. The minimum atomic E-state index is -0.496. The zero-order chi connectivity index (χ0) is 17.1. The number of hydrogen-bond donors (Lipinski definition) is 1. The molecule has 1 heterocycles. The Hall–Kier alpha value is -2.40. The molecule has 2 aromatic rings. The van der Waals surface area contributed by atoms with Gasteiger partial charge in [-0.2, -0.15) is 0 Å². The lowest BCUT2D eigenvalue weighted by atomic mass is 10.0. The van der Waals surface area contributed by atoms with E-state index in [0.717, 1.165) is 23.3 Å². The molecule has 2 N–H and O–H groups in total. The van der Waals surface area contributed by atoms with Gasteiger partial charge in [-0.1, -0.05) is 18.2 Å². The highest BCUT2D eigenvalue weighted by Gasteiger charge is 2.27. The molecule has 0 bridgehead atoms. The van der Waals surface area contributed by atoms with E-state index in [-0.39, 0.29) is 11.5 Å². The fourth-order valence-corrected chi connectivity index (χ4v) is 3.03. The van der Waals surface area contributed by atoms with E-state index in [1.807, 2.05) is 24.3 Å². The lowest BCUT2D eigenvalue weighted by Crippen LogP contribution is -2.30. The molecule has 2 aromatic carbocycles. The third-order valence-electron chi connectivity index (χ3n) is 4.53. The molecule has 0 spiro atoms. The van der Waals surface area contributed by atoms with Crippen molar-refractivity contribution < 1.29 is 13.9 Å². The SMILES string of the molecule is COc1ccc(-c2ccc(C(=O)N3CC[C@@H](CN)C3)c(F)c2)cc1. The largest absolute Gasteiger partial charge is 0.497 e. The minimum Gasteiger partial charge on any atom is -0.497 e. The summed E-state index contributed by atoms with van der Waals surface area (Å²) in [6.45, 7) is 1.80. The number of nitrogens with zero attached hydrogens (tertiary/aromatic N) is 1. The van der Waals surface area contributed by atoms with Crippen molar-refractivity contribution >= 4 is 5.91 Å². The number of nitrogens with two attached hydrogens (primary N) is 1. The van der Waals surface area contributed by atoms with E-state index in [1.165, 1.54) is 6.07 Å². The van der Waals surface area contributed by atoms with Gasteiger partial charge in [0.1, 0.15) is 11.6 Å². The Bertz CT molecular complexity index is 731. The summed E-state index contributed by atoms with van der Waals surface area (Å²) in [5.41, 5.74) is 7.37. The van der Waals surface area contributed by atoms with Crippen LogP contribution in [-0.2, 0) is 0 Å². The van der Waals surface area contributed by atoms with Gasteiger partial charge in [-0.25, -0.2) is 4.39 Å². The van der Waals surface area contributed by atoms with Crippen molar-refractivity contribution in [3.63, 3.8) is 0 Å². The Kier molecular flexibility index (Phi) is 4.81. The number of hydrogen-bond acceptors (Lipinski definition) is 3. The summed E-state index contributed by atoms with van der Waals surface area (Å²) in [6.07, 6.45) is 0.883. The average molecular weight is 328 g/mol. The van der Waals surface area contributed by atoms with E-state index in [4.69, 9.17) is 10.5 Å². The second-order valence-corrected chi connectivity index (χ2v) is 6.06. The number of carbonyl (C=O) groups is 1. The van der Waals surface area contributed by atoms with Crippen molar-refractivity contribution in [3.05, 3.63) is 53.8 Å². The van der Waals surface area contributed by atoms with Gasteiger partial charge < -0.3 is 15.4 Å². The van der Waals surface area contributed by atoms with Crippen LogP contribution in [0, 0.1) is 11.7 Å². The predicted octanol–water partition coefficient (Wildman–Crippen LogP) is 2.92. The molecule has 24 heavy (non-hydrogen) atoms. The van der Waals surface area contributed by atoms with Crippen LogP contribution in [0.4, 0.5) is 4.39 Å². The predicted molar refractivity (Wildman–Crippen MR) is 91.5 cm³/mol. The molecule has 1 aliphatic heterocycles. The number of likely N-dealkylation sites (tertiary alicyclic amines) is 1. The van der Waals surface area contributed by atoms with Crippen LogP contribution < -0.4 is 10.5 Å². The van der Waals surface area contributed by atoms with Crippen LogP contribution >= 0.6 is 0 Å². The molecule has 5 heteroatoms. The molecule has 0 saturated carbocycles.